The Kier molecular flexibility index (Phi) is 5.95. The minimum absolute atomic E-state index is 0.0388. The van der Waals surface area contributed by atoms with Crippen molar-refractivity contribution in [1.29, 1.82) is 0 Å². The summed E-state index contributed by atoms with van der Waals surface area (Å²) < 4.78 is 19.1. The Morgan fingerprint density at radius 3 is 2.75 bits per heavy atom. The van der Waals surface area contributed by atoms with Crippen LogP contribution in [0.15, 0.2) is 22.7 Å². The molecule has 0 aromatic heterocycles. The lowest BCUT2D eigenvalue weighted by atomic mass is 10.1. The number of hydrogen-bond donors (Lipinski definition) is 1. The van der Waals surface area contributed by atoms with Crippen LogP contribution in [0.25, 0.3) is 0 Å². The van der Waals surface area contributed by atoms with Gasteiger partial charge in [0.25, 0.3) is 0 Å². The molecule has 0 fully saturated rings. The van der Waals surface area contributed by atoms with E-state index in [2.05, 4.69) is 28.2 Å². The maximum absolute atomic E-state index is 13.3. The quantitative estimate of drug-likeness (QED) is 0.868. The molecule has 90 valence electrons. The third-order valence-electron chi connectivity index (χ3n) is 2.26. The molecule has 0 aliphatic carbocycles. The second-order valence-electron chi connectivity index (χ2n) is 3.66. The van der Waals surface area contributed by atoms with Gasteiger partial charge in [-0.2, -0.15) is 0 Å². The predicted molar refractivity (Wildman–Crippen MR) is 67.0 cm³/mol. The average molecular weight is 290 g/mol. The Balaban J connectivity index is 2.82. The topological polar surface area (TPSA) is 21.3 Å². The molecule has 1 rings (SSSR count). The normalized spacial score (nSPS) is 12.8. The standard InChI is InChI=1S/C12H17BrFNO/c1-3-4-15-12(8-16-2)9-5-10(13)7-11(14)6-9/h5-7,12,15H,3-4,8H2,1-2H3. The van der Waals surface area contributed by atoms with Crippen LogP contribution in [0.4, 0.5) is 4.39 Å². The molecule has 0 saturated heterocycles. The lowest BCUT2D eigenvalue weighted by molar-refractivity contribution is 0.167. The van der Waals surface area contributed by atoms with Gasteiger partial charge < -0.3 is 10.1 Å². The molecule has 1 aromatic carbocycles. The Hall–Kier alpha value is -0.450. The number of methoxy groups -OCH3 is 1. The average Bonchev–Trinajstić information content (AvgIpc) is 2.22. The fourth-order valence-corrected chi connectivity index (χ4v) is 2.02. The molecule has 1 N–H and O–H groups in total. The second-order valence-corrected chi connectivity index (χ2v) is 4.58. The fourth-order valence-electron chi connectivity index (χ4n) is 1.53. The maximum Gasteiger partial charge on any atom is 0.124 e. The van der Waals surface area contributed by atoms with Crippen LogP contribution in [-0.4, -0.2) is 20.3 Å². The highest BCUT2D eigenvalue weighted by Crippen LogP contribution is 2.20. The van der Waals surface area contributed by atoms with Gasteiger partial charge in [0, 0.05) is 11.6 Å². The summed E-state index contributed by atoms with van der Waals surface area (Å²) in [6.07, 6.45) is 1.04. The number of benzene rings is 1. The van der Waals surface area contributed by atoms with E-state index in [-0.39, 0.29) is 11.9 Å². The molecule has 0 amide bonds. The van der Waals surface area contributed by atoms with Crippen molar-refractivity contribution >= 4 is 15.9 Å². The summed E-state index contributed by atoms with van der Waals surface area (Å²) in [4.78, 5) is 0. The van der Waals surface area contributed by atoms with E-state index in [1.807, 2.05) is 6.07 Å². The smallest absolute Gasteiger partial charge is 0.124 e. The first kappa shape index (κ1) is 13.6. The summed E-state index contributed by atoms with van der Waals surface area (Å²) in [6.45, 7) is 3.52. The zero-order valence-electron chi connectivity index (χ0n) is 9.59. The first-order chi connectivity index (χ1) is 7.67. The lowest BCUT2D eigenvalue weighted by Gasteiger charge is -2.18. The van der Waals surface area contributed by atoms with Gasteiger partial charge in [-0.15, -0.1) is 0 Å². The number of hydrogen-bond acceptors (Lipinski definition) is 2. The molecule has 0 bridgehead atoms. The highest BCUT2D eigenvalue weighted by molar-refractivity contribution is 9.10. The molecule has 0 heterocycles. The van der Waals surface area contributed by atoms with E-state index in [1.54, 1.807) is 7.11 Å². The predicted octanol–water partition coefficient (Wildman–Crippen LogP) is 3.28. The first-order valence-electron chi connectivity index (χ1n) is 5.35. The van der Waals surface area contributed by atoms with Crippen LogP contribution in [-0.2, 0) is 4.74 Å². The van der Waals surface area contributed by atoms with Crippen molar-refractivity contribution in [3.63, 3.8) is 0 Å². The van der Waals surface area contributed by atoms with Gasteiger partial charge in [0.15, 0.2) is 0 Å². The highest BCUT2D eigenvalue weighted by atomic mass is 79.9. The van der Waals surface area contributed by atoms with Crippen LogP contribution in [0.2, 0.25) is 0 Å². The van der Waals surface area contributed by atoms with E-state index in [0.717, 1.165) is 23.0 Å². The molecule has 1 atom stereocenters. The van der Waals surface area contributed by atoms with Gasteiger partial charge in [-0.1, -0.05) is 22.9 Å². The SMILES string of the molecule is CCCNC(COC)c1cc(F)cc(Br)c1. The molecule has 0 radical (unpaired) electrons. The molecule has 0 aliphatic heterocycles. The molecule has 2 nitrogen and oxygen atoms in total. The lowest BCUT2D eigenvalue weighted by Crippen LogP contribution is -2.26. The molecule has 1 unspecified atom stereocenters. The molecular formula is C12H17BrFNO. The first-order valence-corrected chi connectivity index (χ1v) is 6.15. The summed E-state index contributed by atoms with van der Waals surface area (Å²) >= 11 is 3.29. The molecule has 1 aromatic rings. The summed E-state index contributed by atoms with van der Waals surface area (Å²) in [5.41, 5.74) is 0.905. The Morgan fingerprint density at radius 1 is 1.44 bits per heavy atom. The summed E-state index contributed by atoms with van der Waals surface area (Å²) in [7, 11) is 1.65. The van der Waals surface area contributed by atoms with Gasteiger partial charge in [-0.25, -0.2) is 4.39 Å². The summed E-state index contributed by atoms with van der Waals surface area (Å²) in [5.74, 6) is -0.233. The van der Waals surface area contributed by atoms with Crippen molar-refractivity contribution in [3.05, 3.63) is 34.1 Å². The van der Waals surface area contributed by atoms with Gasteiger partial charge >= 0.3 is 0 Å². The second kappa shape index (κ2) is 6.99. The van der Waals surface area contributed by atoms with E-state index in [1.165, 1.54) is 12.1 Å². The van der Waals surface area contributed by atoms with Crippen molar-refractivity contribution in [3.8, 4) is 0 Å². The van der Waals surface area contributed by atoms with Crippen LogP contribution >= 0.6 is 15.9 Å². The van der Waals surface area contributed by atoms with Gasteiger partial charge in [-0.3, -0.25) is 0 Å². The van der Waals surface area contributed by atoms with Crippen LogP contribution in [0.1, 0.15) is 24.9 Å². The van der Waals surface area contributed by atoms with Crippen molar-refractivity contribution in [2.75, 3.05) is 20.3 Å². The van der Waals surface area contributed by atoms with Crippen molar-refractivity contribution < 1.29 is 9.13 Å². The van der Waals surface area contributed by atoms with E-state index < -0.39 is 0 Å². The monoisotopic (exact) mass is 289 g/mol. The minimum atomic E-state index is -0.233. The molecular weight excluding hydrogens is 273 g/mol. The Bertz CT molecular complexity index is 313. The zero-order valence-corrected chi connectivity index (χ0v) is 11.2. The number of ether oxygens (including phenoxy) is 1. The summed E-state index contributed by atoms with van der Waals surface area (Å²) in [6, 6.07) is 4.94. The van der Waals surface area contributed by atoms with E-state index in [4.69, 9.17) is 4.74 Å². The van der Waals surface area contributed by atoms with Crippen molar-refractivity contribution in [2.45, 2.75) is 19.4 Å². The molecule has 16 heavy (non-hydrogen) atoms. The number of nitrogens with one attached hydrogen (secondary N) is 1. The molecule has 0 spiro atoms. The number of rotatable bonds is 6. The molecule has 0 aliphatic rings. The number of halogens is 2. The van der Waals surface area contributed by atoms with Gasteiger partial charge in [-0.05, 0) is 36.7 Å². The van der Waals surface area contributed by atoms with E-state index in [9.17, 15) is 4.39 Å². The van der Waals surface area contributed by atoms with Crippen LogP contribution in [0.5, 0.6) is 0 Å². The maximum atomic E-state index is 13.3. The third-order valence-corrected chi connectivity index (χ3v) is 2.72. The van der Waals surface area contributed by atoms with Crippen LogP contribution in [0, 0.1) is 5.82 Å². The van der Waals surface area contributed by atoms with Gasteiger partial charge in [0.2, 0.25) is 0 Å². The Labute approximate surface area is 104 Å². The fraction of sp³-hybridized carbons (Fsp3) is 0.500. The van der Waals surface area contributed by atoms with Crippen molar-refractivity contribution in [2.24, 2.45) is 0 Å². The Morgan fingerprint density at radius 2 is 2.19 bits per heavy atom. The van der Waals surface area contributed by atoms with Gasteiger partial charge in [0.05, 0.1) is 12.6 Å². The summed E-state index contributed by atoms with van der Waals surface area (Å²) in [5, 5.41) is 3.33. The molecule has 4 heteroatoms. The van der Waals surface area contributed by atoms with Crippen molar-refractivity contribution in [1.82, 2.24) is 5.32 Å². The third kappa shape index (κ3) is 4.20. The van der Waals surface area contributed by atoms with Crippen LogP contribution < -0.4 is 5.32 Å². The minimum Gasteiger partial charge on any atom is -0.383 e. The van der Waals surface area contributed by atoms with Gasteiger partial charge in [0.1, 0.15) is 5.82 Å². The zero-order chi connectivity index (χ0) is 12.0. The molecule has 0 saturated carbocycles. The van der Waals surface area contributed by atoms with E-state index >= 15 is 0 Å². The largest absolute Gasteiger partial charge is 0.383 e. The van der Waals surface area contributed by atoms with Crippen LogP contribution in [0.3, 0.4) is 0 Å². The highest BCUT2D eigenvalue weighted by Gasteiger charge is 2.11. The van der Waals surface area contributed by atoms with E-state index in [0.29, 0.717) is 6.61 Å².